The van der Waals surface area contributed by atoms with Gasteiger partial charge in [0.25, 0.3) is 0 Å². The predicted molar refractivity (Wildman–Crippen MR) is 61.6 cm³/mol. The number of ether oxygens (including phenoxy) is 1. The van der Waals surface area contributed by atoms with Crippen LogP contribution in [0.3, 0.4) is 0 Å². The highest BCUT2D eigenvalue weighted by molar-refractivity contribution is 5.93. The molecule has 1 amide bonds. The maximum absolute atomic E-state index is 11.2. The van der Waals surface area contributed by atoms with Gasteiger partial charge in [0.1, 0.15) is 5.75 Å². The van der Waals surface area contributed by atoms with Crippen LogP contribution in [0, 0.1) is 0 Å². The lowest BCUT2D eigenvalue weighted by atomic mass is 10.2. The molecule has 0 spiro atoms. The van der Waals surface area contributed by atoms with Gasteiger partial charge in [0.05, 0.1) is 7.11 Å². The van der Waals surface area contributed by atoms with Gasteiger partial charge >= 0.3 is 5.97 Å². The lowest BCUT2D eigenvalue weighted by molar-refractivity contribution is -0.131. The van der Waals surface area contributed by atoms with Crippen molar-refractivity contribution >= 4 is 11.9 Å². The van der Waals surface area contributed by atoms with Crippen molar-refractivity contribution in [2.45, 2.75) is 6.54 Å². The number of hydrogen-bond acceptors (Lipinski definition) is 3. The number of methoxy groups -OCH3 is 1. The molecule has 90 valence electrons. The van der Waals surface area contributed by atoms with Gasteiger partial charge in [-0.2, -0.15) is 0 Å². The van der Waals surface area contributed by atoms with Crippen LogP contribution in [0.5, 0.6) is 5.75 Å². The minimum atomic E-state index is -1.15. The average molecular weight is 235 g/mol. The van der Waals surface area contributed by atoms with Crippen LogP contribution in [-0.4, -0.2) is 24.1 Å². The number of carbonyl (C=O) groups excluding carboxylic acids is 1. The monoisotopic (exact) mass is 235 g/mol. The van der Waals surface area contributed by atoms with Gasteiger partial charge in [0.15, 0.2) is 0 Å². The molecule has 1 rings (SSSR count). The average Bonchev–Trinajstić information content (AvgIpc) is 2.34. The first kappa shape index (κ1) is 12.8. The van der Waals surface area contributed by atoms with Gasteiger partial charge < -0.3 is 15.2 Å². The first-order valence-corrected chi connectivity index (χ1v) is 4.93. The maximum Gasteiger partial charge on any atom is 0.328 e. The van der Waals surface area contributed by atoms with E-state index in [1.807, 2.05) is 12.1 Å². The lowest BCUT2D eigenvalue weighted by Crippen LogP contribution is -2.20. The van der Waals surface area contributed by atoms with E-state index in [-0.39, 0.29) is 0 Å². The van der Waals surface area contributed by atoms with E-state index in [2.05, 4.69) is 5.32 Å². The van der Waals surface area contributed by atoms with Crippen molar-refractivity contribution < 1.29 is 19.4 Å². The Balaban J connectivity index is 2.49. The zero-order valence-corrected chi connectivity index (χ0v) is 9.34. The number of aliphatic carboxylic acids is 1. The largest absolute Gasteiger partial charge is 0.497 e. The molecular formula is C12H13NO4. The molecule has 1 aromatic carbocycles. The van der Waals surface area contributed by atoms with Crippen LogP contribution in [0.1, 0.15) is 5.56 Å². The van der Waals surface area contributed by atoms with E-state index < -0.39 is 11.9 Å². The summed E-state index contributed by atoms with van der Waals surface area (Å²) >= 11 is 0. The molecule has 0 unspecified atom stereocenters. The molecule has 0 radical (unpaired) electrons. The summed E-state index contributed by atoms with van der Waals surface area (Å²) in [5, 5.41) is 10.9. The van der Waals surface area contributed by atoms with Gasteiger partial charge in [-0.25, -0.2) is 4.79 Å². The fourth-order valence-corrected chi connectivity index (χ4v) is 1.18. The van der Waals surface area contributed by atoms with Gasteiger partial charge in [0.2, 0.25) is 5.91 Å². The minimum absolute atomic E-state index is 0.319. The molecule has 0 aliphatic rings. The third-order valence-electron chi connectivity index (χ3n) is 1.98. The normalized spacial score (nSPS) is 10.2. The van der Waals surface area contributed by atoms with E-state index in [0.717, 1.165) is 17.7 Å². The molecule has 0 atom stereocenters. The van der Waals surface area contributed by atoms with Crippen LogP contribution in [0.4, 0.5) is 0 Å². The van der Waals surface area contributed by atoms with E-state index in [1.165, 1.54) is 0 Å². The molecule has 0 aliphatic heterocycles. The number of nitrogens with one attached hydrogen (secondary N) is 1. The summed E-state index contributed by atoms with van der Waals surface area (Å²) in [6.45, 7) is 0.319. The zero-order valence-electron chi connectivity index (χ0n) is 9.34. The molecule has 0 saturated carbocycles. The van der Waals surface area contributed by atoms with E-state index >= 15 is 0 Å². The standard InChI is InChI=1S/C12H13NO4/c1-17-10-4-2-3-9(7-10)8-13-11(14)5-6-12(15)16/h2-7H,8H2,1H3,(H,13,14)(H,15,16). The van der Waals surface area contributed by atoms with Crippen molar-refractivity contribution in [2.24, 2.45) is 0 Å². The van der Waals surface area contributed by atoms with Crippen molar-refractivity contribution in [1.82, 2.24) is 5.32 Å². The molecule has 0 fully saturated rings. The fraction of sp³-hybridized carbons (Fsp3) is 0.167. The van der Waals surface area contributed by atoms with Gasteiger partial charge in [-0.1, -0.05) is 12.1 Å². The van der Waals surface area contributed by atoms with Crippen molar-refractivity contribution in [3.63, 3.8) is 0 Å². The van der Waals surface area contributed by atoms with Crippen LogP contribution in [0.2, 0.25) is 0 Å². The predicted octanol–water partition coefficient (Wildman–Crippen LogP) is 0.952. The van der Waals surface area contributed by atoms with E-state index in [4.69, 9.17) is 9.84 Å². The number of rotatable bonds is 5. The molecule has 2 N–H and O–H groups in total. The summed E-state index contributed by atoms with van der Waals surface area (Å²) in [6.07, 6.45) is 1.77. The smallest absolute Gasteiger partial charge is 0.328 e. The molecule has 0 heterocycles. The highest BCUT2D eigenvalue weighted by Crippen LogP contribution is 2.11. The SMILES string of the molecule is COc1cccc(CNC(=O)C=CC(=O)O)c1. The number of carbonyl (C=O) groups is 2. The number of carboxylic acid groups (broad SMARTS) is 1. The van der Waals surface area contributed by atoms with Gasteiger partial charge in [0, 0.05) is 18.7 Å². The molecule has 0 aromatic heterocycles. The molecule has 5 nitrogen and oxygen atoms in total. The molecule has 0 saturated heterocycles. The summed E-state index contributed by atoms with van der Waals surface area (Å²) in [6, 6.07) is 7.24. The van der Waals surface area contributed by atoms with Crippen LogP contribution in [0.15, 0.2) is 36.4 Å². The van der Waals surface area contributed by atoms with E-state index in [9.17, 15) is 9.59 Å². The number of hydrogen-bond donors (Lipinski definition) is 2. The van der Waals surface area contributed by atoms with Crippen LogP contribution < -0.4 is 10.1 Å². The quantitative estimate of drug-likeness (QED) is 0.745. The summed E-state index contributed by atoms with van der Waals surface area (Å²) < 4.78 is 5.04. The minimum Gasteiger partial charge on any atom is -0.497 e. The van der Waals surface area contributed by atoms with Gasteiger partial charge in [-0.05, 0) is 17.7 Å². The van der Waals surface area contributed by atoms with Crippen molar-refractivity contribution in [2.75, 3.05) is 7.11 Å². The third-order valence-corrected chi connectivity index (χ3v) is 1.98. The van der Waals surface area contributed by atoms with Crippen molar-refractivity contribution in [3.05, 3.63) is 42.0 Å². The number of carboxylic acids is 1. The second-order valence-electron chi connectivity index (χ2n) is 3.24. The second kappa shape index (κ2) is 6.32. The highest BCUT2D eigenvalue weighted by atomic mass is 16.5. The maximum atomic E-state index is 11.2. The summed E-state index contributed by atoms with van der Waals surface area (Å²) in [5.41, 5.74) is 0.876. The first-order chi connectivity index (χ1) is 8.11. The third kappa shape index (κ3) is 4.83. The molecule has 5 heteroatoms. The fourth-order valence-electron chi connectivity index (χ4n) is 1.18. The Hall–Kier alpha value is -2.30. The van der Waals surface area contributed by atoms with Crippen LogP contribution in [0.25, 0.3) is 0 Å². The Morgan fingerprint density at radius 1 is 1.41 bits per heavy atom. The van der Waals surface area contributed by atoms with Crippen LogP contribution in [-0.2, 0) is 16.1 Å². The second-order valence-corrected chi connectivity index (χ2v) is 3.24. The first-order valence-electron chi connectivity index (χ1n) is 4.93. The molecule has 1 aromatic rings. The Morgan fingerprint density at radius 2 is 2.18 bits per heavy atom. The van der Waals surface area contributed by atoms with Crippen molar-refractivity contribution in [1.29, 1.82) is 0 Å². The molecule has 0 aliphatic carbocycles. The summed E-state index contributed by atoms with van der Waals surface area (Å²) in [5.74, 6) is -0.894. The molecule has 17 heavy (non-hydrogen) atoms. The molecular weight excluding hydrogens is 222 g/mol. The van der Waals surface area contributed by atoms with Crippen LogP contribution >= 0.6 is 0 Å². The Bertz CT molecular complexity index is 440. The van der Waals surface area contributed by atoms with Crippen molar-refractivity contribution in [3.8, 4) is 5.75 Å². The number of benzene rings is 1. The summed E-state index contributed by atoms with van der Waals surface area (Å²) in [4.78, 5) is 21.4. The lowest BCUT2D eigenvalue weighted by Gasteiger charge is -2.04. The topological polar surface area (TPSA) is 75.6 Å². The zero-order chi connectivity index (χ0) is 12.7. The Kier molecular flexibility index (Phi) is 4.75. The molecule has 0 bridgehead atoms. The summed E-state index contributed by atoms with van der Waals surface area (Å²) in [7, 11) is 1.56. The van der Waals surface area contributed by atoms with Gasteiger partial charge in [-0.3, -0.25) is 4.79 Å². The highest BCUT2D eigenvalue weighted by Gasteiger charge is 1.99. The Morgan fingerprint density at radius 3 is 2.82 bits per heavy atom. The Labute approximate surface area is 98.7 Å². The number of amides is 1. The van der Waals surface area contributed by atoms with E-state index in [1.54, 1.807) is 19.2 Å². The van der Waals surface area contributed by atoms with Gasteiger partial charge in [-0.15, -0.1) is 0 Å². The van der Waals surface area contributed by atoms with E-state index in [0.29, 0.717) is 12.3 Å².